The number of ketones is 3. The summed E-state index contributed by atoms with van der Waals surface area (Å²) >= 11 is 7.39. The molecule has 3 saturated carbocycles. The summed E-state index contributed by atoms with van der Waals surface area (Å²) < 4.78 is 11.2. The van der Waals surface area contributed by atoms with E-state index in [4.69, 9.17) is 21.1 Å². The van der Waals surface area contributed by atoms with Gasteiger partial charge in [0.15, 0.2) is 23.8 Å². The second-order valence-corrected chi connectivity index (χ2v) is 12.0. The third-order valence-corrected chi connectivity index (χ3v) is 10.6. The molecule has 8 atom stereocenters. The Hall–Kier alpha value is -2.32. The first-order chi connectivity index (χ1) is 17.2. The first-order valence-electron chi connectivity index (χ1n) is 13.0. The molecule has 4 aliphatic carbocycles. The normalized spacial score (nSPS) is 42.3. The van der Waals surface area contributed by atoms with Crippen molar-refractivity contribution in [1.82, 2.24) is 0 Å². The lowest BCUT2D eigenvalue weighted by Crippen LogP contribution is -2.70. The van der Waals surface area contributed by atoms with Crippen LogP contribution in [0.25, 0.3) is 0 Å². The van der Waals surface area contributed by atoms with Gasteiger partial charge < -0.3 is 14.6 Å². The van der Waals surface area contributed by atoms with Crippen LogP contribution in [-0.4, -0.2) is 57.6 Å². The molecule has 0 aliphatic heterocycles. The number of hydrogen-bond acceptors (Lipinski definition) is 8. The van der Waals surface area contributed by atoms with E-state index in [1.54, 1.807) is 26.8 Å². The van der Waals surface area contributed by atoms with Gasteiger partial charge in [0.2, 0.25) is 5.78 Å². The molecule has 4 rings (SSSR count). The molecule has 0 radical (unpaired) electrons. The molecule has 1 N–H and O–H groups in total. The Morgan fingerprint density at radius 3 is 2.38 bits per heavy atom. The molecule has 0 aromatic carbocycles. The average Bonchev–Trinajstić information content (AvgIpc) is 3.07. The summed E-state index contributed by atoms with van der Waals surface area (Å²) in [5, 5.41) is 11.8. The van der Waals surface area contributed by atoms with Crippen LogP contribution in [0.3, 0.4) is 0 Å². The van der Waals surface area contributed by atoms with Gasteiger partial charge in [-0.1, -0.05) is 40.7 Å². The fourth-order valence-electron chi connectivity index (χ4n) is 7.84. The molecule has 202 valence electrons. The van der Waals surface area contributed by atoms with Crippen LogP contribution >= 0.6 is 11.6 Å². The smallest absolute Gasteiger partial charge is 0.306 e. The van der Waals surface area contributed by atoms with Crippen LogP contribution in [0.5, 0.6) is 0 Å². The molecule has 0 unspecified atom stereocenters. The minimum absolute atomic E-state index is 0.00705. The molecule has 4 aliphatic rings. The van der Waals surface area contributed by atoms with E-state index in [0.717, 1.165) is 0 Å². The molecule has 37 heavy (non-hydrogen) atoms. The number of alkyl halides is 1. The lowest BCUT2D eigenvalue weighted by molar-refractivity contribution is -0.203. The molecule has 0 bridgehead atoms. The third kappa shape index (κ3) is 3.62. The third-order valence-electron chi connectivity index (χ3n) is 9.66. The van der Waals surface area contributed by atoms with Crippen molar-refractivity contribution in [3.8, 4) is 0 Å². The highest BCUT2D eigenvalue weighted by Gasteiger charge is 2.77. The van der Waals surface area contributed by atoms with E-state index in [1.807, 2.05) is 13.8 Å². The lowest BCUT2D eigenvalue weighted by atomic mass is 9.45. The van der Waals surface area contributed by atoms with Crippen molar-refractivity contribution >= 4 is 40.9 Å². The Morgan fingerprint density at radius 1 is 1.11 bits per heavy atom. The van der Waals surface area contributed by atoms with E-state index in [-0.39, 0.29) is 48.7 Å². The highest BCUT2D eigenvalue weighted by Crippen LogP contribution is 2.71. The van der Waals surface area contributed by atoms with Gasteiger partial charge in [0.05, 0.1) is 11.0 Å². The molecule has 0 spiro atoms. The van der Waals surface area contributed by atoms with Crippen molar-refractivity contribution in [3.05, 3.63) is 23.8 Å². The van der Waals surface area contributed by atoms with Gasteiger partial charge >= 0.3 is 11.9 Å². The number of allylic oxidation sites excluding steroid dienone is 4. The second-order valence-electron chi connectivity index (χ2n) is 11.4. The van der Waals surface area contributed by atoms with E-state index in [2.05, 4.69) is 0 Å². The highest BCUT2D eigenvalue weighted by molar-refractivity contribution is 6.28. The summed E-state index contributed by atoms with van der Waals surface area (Å²) in [7, 11) is 0. The number of rotatable bonds is 6. The first kappa shape index (κ1) is 27.7. The number of carbonyl (C=O) groups is 5. The van der Waals surface area contributed by atoms with Crippen LogP contribution in [0, 0.1) is 28.6 Å². The van der Waals surface area contributed by atoms with Crippen LogP contribution in [0.1, 0.15) is 66.7 Å². The number of aliphatic hydroxyl groups is 1. The minimum atomic E-state index is -1.67. The maximum atomic E-state index is 13.9. The standard InChI is InChI=1S/C28H35ClO8/c1-6-23(34)36-14-22(33)28(37-24(35)7-2)15(3)10-17-18-12-20(31)19-11-16(30)8-9-25(19,4)27(18,29)21(32)13-26(17,28)5/h8-9,11,15,17-18,21,32H,6-7,10,12-14H2,1-5H3/t15-,17+,18+,21+,25+,26+,27+,28-/m1/s1. The molecule has 0 amide bonds. The number of aliphatic hydroxyl groups excluding tert-OH is 1. The fraction of sp³-hybridized carbons (Fsp3) is 0.679. The summed E-state index contributed by atoms with van der Waals surface area (Å²) in [6.45, 7) is 8.07. The average molecular weight is 535 g/mol. The Balaban J connectivity index is 1.84. The SMILES string of the molecule is CCC(=O)OCC(=O)[C@]1(OC(=O)CC)[C@H](C)C[C@H]2[C@@H]3CC(=O)C4=CC(=O)C=C[C@]4(C)[C@@]3(Cl)[C@@H](O)C[C@@]21C. The maximum Gasteiger partial charge on any atom is 0.306 e. The Bertz CT molecular complexity index is 1130. The number of Topliss-reactive ketones (excluding diaryl/α,β-unsaturated/α-hetero) is 2. The summed E-state index contributed by atoms with van der Waals surface area (Å²) in [4.78, 5) is 62.6. The maximum absolute atomic E-state index is 13.9. The summed E-state index contributed by atoms with van der Waals surface area (Å²) in [6, 6.07) is 0. The number of fused-ring (bicyclic) bond motifs is 5. The monoisotopic (exact) mass is 534 g/mol. The Labute approximate surface area is 221 Å². The van der Waals surface area contributed by atoms with Gasteiger partial charge in [-0.2, -0.15) is 0 Å². The van der Waals surface area contributed by atoms with Crippen LogP contribution in [-0.2, 0) is 33.4 Å². The summed E-state index contributed by atoms with van der Waals surface area (Å²) in [5.74, 6) is -3.62. The van der Waals surface area contributed by atoms with Crippen molar-refractivity contribution in [2.75, 3.05) is 6.61 Å². The topological polar surface area (TPSA) is 124 Å². The van der Waals surface area contributed by atoms with Gasteiger partial charge in [-0.15, -0.1) is 11.6 Å². The zero-order valence-corrected chi connectivity index (χ0v) is 22.7. The second kappa shape index (κ2) is 9.16. The molecule has 3 fully saturated rings. The zero-order valence-electron chi connectivity index (χ0n) is 22.0. The minimum Gasteiger partial charge on any atom is -0.457 e. The molecule has 9 heteroatoms. The van der Waals surface area contributed by atoms with Crippen LogP contribution in [0.15, 0.2) is 23.8 Å². The van der Waals surface area contributed by atoms with Crippen LogP contribution in [0.2, 0.25) is 0 Å². The Kier molecular flexibility index (Phi) is 6.86. The van der Waals surface area contributed by atoms with Gasteiger partial charge in [0.1, 0.15) is 0 Å². The lowest BCUT2D eigenvalue weighted by Gasteiger charge is -2.63. The van der Waals surface area contributed by atoms with E-state index in [9.17, 15) is 29.1 Å². The van der Waals surface area contributed by atoms with Crippen molar-refractivity contribution in [2.45, 2.75) is 83.3 Å². The summed E-state index contributed by atoms with van der Waals surface area (Å²) in [5.41, 5.74) is -3.57. The van der Waals surface area contributed by atoms with Crippen molar-refractivity contribution < 1.29 is 38.6 Å². The van der Waals surface area contributed by atoms with Crippen LogP contribution < -0.4 is 0 Å². The van der Waals surface area contributed by atoms with Gasteiger partial charge in [0.25, 0.3) is 0 Å². The number of ether oxygens (including phenoxy) is 2. The van der Waals surface area contributed by atoms with Crippen molar-refractivity contribution in [2.24, 2.45) is 28.6 Å². The predicted octanol–water partition coefficient (Wildman–Crippen LogP) is 3.27. The van der Waals surface area contributed by atoms with Crippen LogP contribution in [0.4, 0.5) is 0 Å². The van der Waals surface area contributed by atoms with E-state index < -0.39 is 63.6 Å². The van der Waals surface area contributed by atoms with E-state index in [0.29, 0.717) is 6.42 Å². The molecule has 8 nitrogen and oxygen atoms in total. The van der Waals surface area contributed by atoms with Gasteiger partial charge in [-0.05, 0) is 36.8 Å². The number of carbonyl (C=O) groups excluding carboxylic acids is 5. The molecule has 0 aromatic rings. The first-order valence-corrected chi connectivity index (χ1v) is 13.4. The van der Waals surface area contributed by atoms with E-state index in [1.165, 1.54) is 12.2 Å². The number of halogens is 1. The largest absolute Gasteiger partial charge is 0.457 e. The molecule has 0 saturated heterocycles. The van der Waals surface area contributed by atoms with Gasteiger partial charge in [-0.3, -0.25) is 24.0 Å². The van der Waals surface area contributed by atoms with Gasteiger partial charge in [-0.25, -0.2) is 0 Å². The van der Waals surface area contributed by atoms with Crippen molar-refractivity contribution in [1.29, 1.82) is 0 Å². The van der Waals surface area contributed by atoms with E-state index >= 15 is 0 Å². The number of esters is 2. The molecular formula is C28H35ClO8. The molecule has 0 heterocycles. The highest BCUT2D eigenvalue weighted by atomic mass is 35.5. The number of hydrogen-bond donors (Lipinski definition) is 1. The predicted molar refractivity (Wildman–Crippen MR) is 133 cm³/mol. The van der Waals surface area contributed by atoms with Crippen molar-refractivity contribution in [3.63, 3.8) is 0 Å². The molecule has 0 aromatic heterocycles. The zero-order chi connectivity index (χ0) is 27.6. The Morgan fingerprint density at radius 2 is 1.76 bits per heavy atom. The molecular weight excluding hydrogens is 500 g/mol. The summed E-state index contributed by atoms with van der Waals surface area (Å²) in [6.07, 6.45) is 3.65. The van der Waals surface area contributed by atoms with Gasteiger partial charge in [0, 0.05) is 41.6 Å². The fourth-order valence-corrected chi connectivity index (χ4v) is 8.31. The quantitative estimate of drug-likeness (QED) is 0.407.